The lowest BCUT2D eigenvalue weighted by molar-refractivity contribution is 1.01. The monoisotopic (exact) mass is 241 g/mol. The average Bonchev–Trinajstić information content (AvgIpc) is 2.40. The van der Waals surface area contributed by atoms with Crippen LogP contribution < -0.4 is 10.2 Å². The molecule has 1 aromatic carbocycles. The van der Waals surface area contributed by atoms with Gasteiger partial charge in [-0.1, -0.05) is 0 Å². The Morgan fingerprint density at radius 1 is 1.00 bits per heavy atom. The topological polar surface area (TPSA) is 28.2 Å². The van der Waals surface area contributed by atoms with Crippen molar-refractivity contribution in [3.8, 4) is 0 Å². The molecule has 0 spiro atoms. The Morgan fingerprint density at radius 3 is 2.28 bits per heavy atom. The van der Waals surface area contributed by atoms with Crippen molar-refractivity contribution in [1.82, 2.24) is 4.98 Å². The number of nitrogens with zero attached hydrogens (tertiary/aromatic N) is 2. The summed E-state index contributed by atoms with van der Waals surface area (Å²) in [5.74, 6) is 0. The van der Waals surface area contributed by atoms with Crippen molar-refractivity contribution in [1.29, 1.82) is 0 Å². The minimum absolute atomic E-state index is 0.936. The van der Waals surface area contributed by atoms with Gasteiger partial charge in [-0.25, -0.2) is 0 Å². The molecule has 1 heterocycles. The number of rotatable bonds is 5. The predicted octanol–water partition coefficient (Wildman–Crippen LogP) is 2.80. The van der Waals surface area contributed by atoms with Crippen LogP contribution in [0.1, 0.15) is 5.56 Å². The minimum Gasteiger partial charge on any atom is -0.385 e. The second-order valence-corrected chi connectivity index (χ2v) is 4.47. The van der Waals surface area contributed by atoms with Crippen molar-refractivity contribution < 1.29 is 0 Å². The van der Waals surface area contributed by atoms with Crippen molar-refractivity contribution in [3.05, 3.63) is 54.4 Å². The zero-order chi connectivity index (χ0) is 12.8. The van der Waals surface area contributed by atoms with E-state index in [1.165, 1.54) is 11.3 Å². The molecule has 1 N–H and O–H groups in total. The summed E-state index contributed by atoms with van der Waals surface area (Å²) in [6.45, 7) is 0.936. The third-order valence-electron chi connectivity index (χ3n) is 2.88. The molecule has 2 rings (SSSR count). The lowest BCUT2D eigenvalue weighted by atomic mass is 10.2. The Balaban J connectivity index is 1.83. The molecule has 1 aromatic heterocycles. The summed E-state index contributed by atoms with van der Waals surface area (Å²) in [6, 6.07) is 12.6. The molecule has 0 atom stereocenters. The number of aromatic nitrogens is 1. The van der Waals surface area contributed by atoms with Gasteiger partial charge in [0.1, 0.15) is 0 Å². The fourth-order valence-corrected chi connectivity index (χ4v) is 1.78. The number of pyridine rings is 1. The fourth-order valence-electron chi connectivity index (χ4n) is 1.78. The third kappa shape index (κ3) is 3.48. The van der Waals surface area contributed by atoms with E-state index in [-0.39, 0.29) is 0 Å². The Morgan fingerprint density at radius 2 is 1.67 bits per heavy atom. The summed E-state index contributed by atoms with van der Waals surface area (Å²) in [6.07, 6.45) is 4.68. The van der Waals surface area contributed by atoms with Gasteiger partial charge < -0.3 is 10.2 Å². The highest BCUT2D eigenvalue weighted by Crippen LogP contribution is 2.15. The molecule has 0 amide bonds. The van der Waals surface area contributed by atoms with Crippen LogP contribution in [-0.4, -0.2) is 25.6 Å². The van der Waals surface area contributed by atoms with Gasteiger partial charge in [0.25, 0.3) is 0 Å². The summed E-state index contributed by atoms with van der Waals surface area (Å²) in [7, 11) is 4.09. The zero-order valence-corrected chi connectivity index (χ0v) is 10.9. The Bertz CT molecular complexity index is 463. The van der Waals surface area contributed by atoms with Crippen LogP contribution in [0.4, 0.5) is 11.4 Å². The van der Waals surface area contributed by atoms with Crippen molar-refractivity contribution in [2.45, 2.75) is 6.42 Å². The van der Waals surface area contributed by atoms with Crippen LogP contribution in [0.2, 0.25) is 0 Å². The third-order valence-corrected chi connectivity index (χ3v) is 2.88. The molecule has 0 fully saturated rings. The van der Waals surface area contributed by atoms with E-state index < -0.39 is 0 Å². The second-order valence-electron chi connectivity index (χ2n) is 4.47. The molecule has 94 valence electrons. The lowest BCUT2D eigenvalue weighted by Crippen LogP contribution is -2.09. The van der Waals surface area contributed by atoms with Crippen LogP contribution in [0.3, 0.4) is 0 Å². The molecular weight excluding hydrogens is 222 g/mol. The van der Waals surface area contributed by atoms with E-state index >= 15 is 0 Å². The quantitative estimate of drug-likeness (QED) is 0.872. The number of benzene rings is 1. The van der Waals surface area contributed by atoms with Gasteiger partial charge in [-0.15, -0.1) is 0 Å². The van der Waals surface area contributed by atoms with E-state index in [0.29, 0.717) is 0 Å². The molecule has 18 heavy (non-hydrogen) atoms. The van der Waals surface area contributed by atoms with Crippen molar-refractivity contribution in [3.63, 3.8) is 0 Å². The predicted molar refractivity (Wildman–Crippen MR) is 77.2 cm³/mol. The largest absolute Gasteiger partial charge is 0.385 e. The van der Waals surface area contributed by atoms with Crippen molar-refractivity contribution in [2.24, 2.45) is 0 Å². The van der Waals surface area contributed by atoms with E-state index in [4.69, 9.17) is 0 Å². The smallest absolute Gasteiger partial charge is 0.0362 e. The van der Waals surface area contributed by atoms with Gasteiger partial charge in [-0.2, -0.15) is 0 Å². The second kappa shape index (κ2) is 6.05. The van der Waals surface area contributed by atoms with Crippen molar-refractivity contribution in [2.75, 3.05) is 30.9 Å². The first-order chi connectivity index (χ1) is 8.75. The first-order valence-corrected chi connectivity index (χ1v) is 6.16. The van der Waals surface area contributed by atoms with E-state index in [2.05, 4.69) is 51.6 Å². The van der Waals surface area contributed by atoms with E-state index in [1.807, 2.05) is 26.5 Å². The zero-order valence-electron chi connectivity index (χ0n) is 10.9. The van der Waals surface area contributed by atoms with Gasteiger partial charge in [0.2, 0.25) is 0 Å². The van der Waals surface area contributed by atoms with Gasteiger partial charge in [0.15, 0.2) is 0 Å². The number of anilines is 2. The van der Waals surface area contributed by atoms with Gasteiger partial charge in [-0.3, -0.25) is 4.98 Å². The molecule has 0 aliphatic carbocycles. The highest BCUT2D eigenvalue weighted by atomic mass is 15.1. The van der Waals surface area contributed by atoms with Crippen LogP contribution in [0.25, 0.3) is 0 Å². The molecule has 3 nitrogen and oxygen atoms in total. The maximum Gasteiger partial charge on any atom is 0.0362 e. The molecule has 2 aromatic rings. The molecule has 0 aliphatic heterocycles. The van der Waals surface area contributed by atoms with Crippen LogP contribution in [-0.2, 0) is 6.42 Å². The first kappa shape index (κ1) is 12.4. The summed E-state index contributed by atoms with van der Waals surface area (Å²) < 4.78 is 0. The van der Waals surface area contributed by atoms with Crippen LogP contribution in [0.5, 0.6) is 0 Å². The Hall–Kier alpha value is -2.03. The number of hydrogen-bond donors (Lipinski definition) is 1. The highest BCUT2D eigenvalue weighted by Gasteiger charge is 1.96. The first-order valence-electron chi connectivity index (χ1n) is 6.16. The van der Waals surface area contributed by atoms with Gasteiger partial charge >= 0.3 is 0 Å². The van der Waals surface area contributed by atoms with Crippen molar-refractivity contribution >= 4 is 11.4 Å². The van der Waals surface area contributed by atoms with Gasteiger partial charge in [0, 0.05) is 44.4 Å². The molecule has 0 bridgehead atoms. The molecule has 0 radical (unpaired) electrons. The number of hydrogen-bond acceptors (Lipinski definition) is 3. The molecule has 0 unspecified atom stereocenters. The van der Waals surface area contributed by atoms with Crippen LogP contribution in [0.15, 0.2) is 48.8 Å². The minimum atomic E-state index is 0.936. The van der Waals surface area contributed by atoms with Crippen LogP contribution in [0, 0.1) is 0 Å². The van der Waals surface area contributed by atoms with Crippen LogP contribution >= 0.6 is 0 Å². The Labute approximate surface area is 108 Å². The van der Waals surface area contributed by atoms with Gasteiger partial charge in [0.05, 0.1) is 0 Å². The van der Waals surface area contributed by atoms with E-state index in [0.717, 1.165) is 18.7 Å². The molecule has 0 aliphatic rings. The summed E-state index contributed by atoms with van der Waals surface area (Å²) in [5.41, 5.74) is 3.69. The summed E-state index contributed by atoms with van der Waals surface area (Å²) in [4.78, 5) is 6.11. The summed E-state index contributed by atoms with van der Waals surface area (Å²) >= 11 is 0. The summed E-state index contributed by atoms with van der Waals surface area (Å²) in [5, 5.41) is 3.42. The Kier molecular flexibility index (Phi) is 4.18. The molecule has 0 saturated carbocycles. The average molecular weight is 241 g/mol. The maximum atomic E-state index is 4.01. The highest BCUT2D eigenvalue weighted by molar-refractivity contribution is 5.54. The number of nitrogens with one attached hydrogen (secondary N) is 1. The van der Waals surface area contributed by atoms with Gasteiger partial charge in [-0.05, 0) is 48.4 Å². The fraction of sp³-hybridized carbons (Fsp3) is 0.267. The standard InChI is InChI=1S/C15H19N3/c1-18(2)15-5-3-14(4-6-15)17-12-9-13-7-10-16-11-8-13/h3-8,10-11,17H,9,12H2,1-2H3. The molecule has 0 saturated heterocycles. The van der Waals surface area contributed by atoms with E-state index in [1.54, 1.807) is 0 Å². The SMILES string of the molecule is CN(C)c1ccc(NCCc2ccncc2)cc1. The maximum absolute atomic E-state index is 4.01. The molecule has 3 heteroatoms. The lowest BCUT2D eigenvalue weighted by Gasteiger charge is -2.13. The normalized spacial score (nSPS) is 10.1. The van der Waals surface area contributed by atoms with E-state index in [9.17, 15) is 0 Å². The molecular formula is C15H19N3.